The fourth-order valence-corrected chi connectivity index (χ4v) is 2.38. The highest BCUT2D eigenvalue weighted by Crippen LogP contribution is 2.23. The van der Waals surface area contributed by atoms with Crippen LogP contribution in [0.25, 0.3) is 0 Å². The number of nitrogens with one attached hydrogen (secondary N) is 1. The van der Waals surface area contributed by atoms with Crippen LogP contribution in [0, 0.1) is 20.8 Å². The number of anilines is 2. The largest absolute Gasteiger partial charge is 0.398 e. The van der Waals surface area contributed by atoms with Crippen LogP contribution in [-0.2, 0) is 0 Å². The molecule has 0 aliphatic rings. The van der Waals surface area contributed by atoms with Gasteiger partial charge < -0.3 is 5.73 Å². The summed E-state index contributed by atoms with van der Waals surface area (Å²) < 4.78 is 0. The topological polar surface area (TPSA) is 68.0 Å². The van der Waals surface area contributed by atoms with E-state index in [9.17, 15) is 4.79 Å². The molecule has 0 radical (unpaired) electrons. The number of nitrogen functional groups attached to an aromatic ring is 1. The van der Waals surface area contributed by atoms with Crippen molar-refractivity contribution in [3.63, 3.8) is 0 Å². The normalized spacial score (nSPS) is 10.4. The minimum Gasteiger partial charge on any atom is -0.398 e. The number of carbonyl (C=O) groups excluding carboxylic acids is 1. The lowest BCUT2D eigenvalue weighted by Gasteiger charge is -2.07. The van der Waals surface area contributed by atoms with E-state index < -0.39 is 0 Å². The van der Waals surface area contributed by atoms with E-state index in [1.807, 2.05) is 32.9 Å². The third-order valence-corrected chi connectivity index (χ3v) is 3.81. The van der Waals surface area contributed by atoms with Crippen LogP contribution < -0.4 is 11.1 Å². The van der Waals surface area contributed by atoms with Gasteiger partial charge in [0.1, 0.15) is 0 Å². The van der Waals surface area contributed by atoms with Gasteiger partial charge in [-0.25, -0.2) is 4.98 Å². The van der Waals surface area contributed by atoms with Crippen LogP contribution in [0.5, 0.6) is 0 Å². The Morgan fingerprint density at radius 1 is 1.33 bits per heavy atom. The van der Waals surface area contributed by atoms with Gasteiger partial charge in [0.2, 0.25) is 0 Å². The molecule has 3 N–H and O–H groups in total. The first-order valence-electron chi connectivity index (χ1n) is 5.59. The second-order valence-corrected chi connectivity index (χ2v) is 5.35. The zero-order valence-corrected chi connectivity index (χ0v) is 11.4. The minimum atomic E-state index is -0.218. The molecule has 1 amide bonds. The van der Waals surface area contributed by atoms with Gasteiger partial charge in [-0.1, -0.05) is 12.1 Å². The third-order valence-electron chi connectivity index (χ3n) is 2.82. The molecule has 0 bridgehead atoms. The van der Waals surface area contributed by atoms with Gasteiger partial charge in [-0.2, -0.15) is 0 Å². The maximum absolute atomic E-state index is 12.1. The summed E-state index contributed by atoms with van der Waals surface area (Å²) in [6.45, 7) is 5.77. The van der Waals surface area contributed by atoms with Crippen LogP contribution in [0.2, 0.25) is 0 Å². The Morgan fingerprint density at radius 3 is 2.67 bits per heavy atom. The summed E-state index contributed by atoms with van der Waals surface area (Å²) in [6, 6.07) is 5.41. The van der Waals surface area contributed by atoms with Crippen molar-refractivity contribution in [3.8, 4) is 0 Å². The Bertz CT molecular complexity index is 585. The highest BCUT2D eigenvalue weighted by molar-refractivity contribution is 7.15. The van der Waals surface area contributed by atoms with E-state index in [-0.39, 0.29) is 5.91 Å². The van der Waals surface area contributed by atoms with E-state index >= 15 is 0 Å². The number of hydrogen-bond donors (Lipinski definition) is 2. The first kappa shape index (κ1) is 12.6. The summed E-state index contributed by atoms with van der Waals surface area (Å²) in [6.07, 6.45) is 0. The van der Waals surface area contributed by atoms with E-state index in [4.69, 9.17) is 5.73 Å². The molecule has 18 heavy (non-hydrogen) atoms. The maximum Gasteiger partial charge on any atom is 0.259 e. The van der Waals surface area contributed by atoms with E-state index in [1.54, 1.807) is 6.07 Å². The van der Waals surface area contributed by atoms with Crippen molar-refractivity contribution in [2.75, 3.05) is 11.1 Å². The van der Waals surface area contributed by atoms with Gasteiger partial charge in [0.25, 0.3) is 5.91 Å². The Balaban J connectivity index is 2.24. The monoisotopic (exact) mass is 261 g/mol. The number of carbonyl (C=O) groups is 1. The van der Waals surface area contributed by atoms with Crippen LogP contribution in [0.1, 0.15) is 26.5 Å². The van der Waals surface area contributed by atoms with E-state index in [0.29, 0.717) is 16.4 Å². The Labute approximate surface area is 110 Å². The molecule has 0 aliphatic carbocycles. The van der Waals surface area contributed by atoms with Gasteiger partial charge in [-0.05, 0) is 32.4 Å². The molecule has 94 valence electrons. The second-order valence-electron chi connectivity index (χ2n) is 4.15. The number of para-hydroxylation sites is 1. The van der Waals surface area contributed by atoms with E-state index in [2.05, 4.69) is 10.3 Å². The summed E-state index contributed by atoms with van der Waals surface area (Å²) in [5.41, 5.74) is 8.73. The fourth-order valence-electron chi connectivity index (χ4n) is 1.57. The van der Waals surface area contributed by atoms with E-state index in [0.717, 1.165) is 16.1 Å². The molecule has 1 heterocycles. The van der Waals surface area contributed by atoms with Gasteiger partial charge in [0.15, 0.2) is 5.13 Å². The van der Waals surface area contributed by atoms with Crippen molar-refractivity contribution in [2.24, 2.45) is 0 Å². The lowest BCUT2D eigenvalue weighted by Crippen LogP contribution is -2.14. The van der Waals surface area contributed by atoms with Crippen molar-refractivity contribution in [2.45, 2.75) is 20.8 Å². The summed E-state index contributed by atoms with van der Waals surface area (Å²) in [5, 5.41) is 3.38. The fraction of sp³-hybridized carbons (Fsp3) is 0.231. The zero-order chi connectivity index (χ0) is 13.3. The Hall–Kier alpha value is -1.88. The highest BCUT2D eigenvalue weighted by atomic mass is 32.1. The smallest absolute Gasteiger partial charge is 0.259 e. The molecule has 0 atom stereocenters. The molecule has 0 saturated carbocycles. The summed E-state index contributed by atoms with van der Waals surface area (Å²) >= 11 is 1.46. The summed E-state index contributed by atoms with van der Waals surface area (Å²) in [5.74, 6) is -0.218. The number of nitrogens with zero attached hydrogens (tertiary/aromatic N) is 1. The average molecular weight is 261 g/mol. The first-order chi connectivity index (χ1) is 8.49. The van der Waals surface area contributed by atoms with Gasteiger partial charge in [-0.3, -0.25) is 10.1 Å². The Kier molecular flexibility index (Phi) is 3.34. The molecule has 1 aromatic carbocycles. The molecule has 1 aromatic heterocycles. The molecule has 5 heteroatoms. The number of aryl methyl sites for hydroxylation is 3. The van der Waals surface area contributed by atoms with Crippen LogP contribution >= 0.6 is 11.3 Å². The number of nitrogens with two attached hydrogens (primary N) is 1. The van der Waals surface area contributed by atoms with E-state index in [1.165, 1.54) is 11.3 Å². The van der Waals surface area contributed by atoms with Gasteiger partial charge in [0.05, 0.1) is 11.3 Å². The number of rotatable bonds is 2. The van der Waals surface area contributed by atoms with Crippen molar-refractivity contribution in [1.29, 1.82) is 0 Å². The molecule has 2 rings (SSSR count). The predicted molar refractivity (Wildman–Crippen MR) is 75.1 cm³/mol. The van der Waals surface area contributed by atoms with Crippen molar-refractivity contribution < 1.29 is 4.79 Å². The number of amides is 1. The molecular weight excluding hydrogens is 246 g/mol. The molecule has 0 spiro atoms. The molecular formula is C13H15N3OS. The van der Waals surface area contributed by atoms with Crippen molar-refractivity contribution >= 4 is 28.1 Å². The zero-order valence-electron chi connectivity index (χ0n) is 10.6. The standard InChI is InChI=1S/C13H15N3OS/c1-7-5-4-6-10(11(7)14)12(17)16-13-15-8(2)9(3)18-13/h4-6H,14H2,1-3H3,(H,15,16,17). The molecule has 0 unspecified atom stereocenters. The van der Waals surface area contributed by atoms with Crippen LogP contribution in [0.15, 0.2) is 18.2 Å². The van der Waals surface area contributed by atoms with Crippen molar-refractivity contribution in [3.05, 3.63) is 39.9 Å². The predicted octanol–water partition coefficient (Wildman–Crippen LogP) is 2.90. The molecule has 0 saturated heterocycles. The second kappa shape index (κ2) is 4.78. The molecule has 4 nitrogen and oxygen atoms in total. The highest BCUT2D eigenvalue weighted by Gasteiger charge is 2.13. The number of thiazole rings is 1. The van der Waals surface area contributed by atoms with Crippen LogP contribution in [0.3, 0.4) is 0 Å². The Morgan fingerprint density at radius 2 is 2.06 bits per heavy atom. The maximum atomic E-state index is 12.1. The summed E-state index contributed by atoms with van der Waals surface area (Å²) in [7, 11) is 0. The van der Waals surface area contributed by atoms with Crippen LogP contribution in [-0.4, -0.2) is 10.9 Å². The first-order valence-corrected chi connectivity index (χ1v) is 6.41. The molecule has 0 aliphatic heterocycles. The lowest BCUT2D eigenvalue weighted by molar-refractivity contribution is 0.102. The van der Waals surface area contributed by atoms with Crippen LogP contribution in [0.4, 0.5) is 10.8 Å². The molecule has 0 fully saturated rings. The number of hydrogen-bond acceptors (Lipinski definition) is 4. The van der Waals surface area contributed by atoms with Crippen molar-refractivity contribution in [1.82, 2.24) is 4.98 Å². The number of benzene rings is 1. The minimum absolute atomic E-state index is 0.218. The SMILES string of the molecule is Cc1cccc(C(=O)Nc2nc(C)c(C)s2)c1N. The quantitative estimate of drug-likeness (QED) is 0.817. The van der Waals surface area contributed by atoms with Gasteiger partial charge in [-0.15, -0.1) is 11.3 Å². The third kappa shape index (κ3) is 2.36. The lowest BCUT2D eigenvalue weighted by atomic mass is 10.1. The number of aromatic nitrogens is 1. The molecule has 2 aromatic rings. The van der Waals surface area contributed by atoms with Gasteiger partial charge in [0, 0.05) is 10.6 Å². The summed E-state index contributed by atoms with van der Waals surface area (Å²) in [4.78, 5) is 17.5. The average Bonchev–Trinajstić information content (AvgIpc) is 2.61. The van der Waals surface area contributed by atoms with Gasteiger partial charge >= 0.3 is 0 Å².